The summed E-state index contributed by atoms with van der Waals surface area (Å²) < 4.78 is 5.42. The molecule has 1 N–H and O–H groups in total. The fourth-order valence-corrected chi connectivity index (χ4v) is 4.35. The first-order valence-electron chi connectivity index (χ1n) is 10.3. The molecule has 3 amide bonds. The summed E-state index contributed by atoms with van der Waals surface area (Å²) in [5, 5.41) is 3.03. The lowest BCUT2D eigenvalue weighted by Crippen LogP contribution is -2.66. The van der Waals surface area contributed by atoms with Crippen LogP contribution in [0, 0.1) is 5.92 Å². The highest BCUT2D eigenvalue weighted by atomic mass is 16.5. The van der Waals surface area contributed by atoms with Gasteiger partial charge in [-0.1, -0.05) is 38.5 Å². The summed E-state index contributed by atoms with van der Waals surface area (Å²) in [6.07, 6.45) is 0.842. The zero-order valence-electron chi connectivity index (χ0n) is 16.8. The highest BCUT2D eigenvalue weighted by Gasteiger charge is 2.42. The first-order valence-corrected chi connectivity index (χ1v) is 10.3. The van der Waals surface area contributed by atoms with Crippen LogP contribution in [0.2, 0.25) is 0 Å². The third-order valence-corrected chi connectivity index (χ3v) is 6.34. The molecule has 7 nitrogen and oxygen atoms in total. The summed E-state index contributed by atoms with van der Waals surface area (Å²) in [5.41, 5.74) is 1.80. The molecule has 152 valence electrons. The number of fused-ring (bicyclic) bond motifs is 1. The summed E-state index contributed by atoms with van der Waals surface area (Å²) >= 11 is 0. The van der Waals surface area contributed by atoms with Gasteiger partial charge in [0, 0.05) is 37.9 Å². The number of para-hydroxylation sites is 1. The highest BCUT2D eigenvalue weighted by molar-refractivity contribution is 5.99. The Morgan fingerprint density at radius 3 is 2.68 bits per heavy atom. The van der Waals surface area contributed by atoms with Gasteiger partial charge < -0.3 is 19.9 Å². The second-order valence-corrected chi connectivity index (χ2v) is 8.09. The van der Waals surface area contributed by atoms with Crippen molar-refractivity contribution in [2.24, 2.45) is 5.92 Å². The van der Waals surface area contributed by atoms with Gasteiger partial charge in [0.1, 0.15) is 6.04 Å². The SMILES string of the molecule is CCC(C)C1C(=O)Nc2ccccc2CN1C(=O)N1CC(N2CCOCC2)C1. The molecular weight excluding hydrogens is 356 g/mol. The fourth-order valence-electron chi connectivity index (χ4n) is 4.35. The maximum absolute atomic E-state index is 13.4. The van der Waals surface area contributed by atoms with Gasteiger partial charge in [-0.05, 0) is 17.5 Å². The second kappa shape index (κ2) is 8.09. The van der Waals surface area contributed by atoms with Crippen molar-refractivity contribution in [2.75, 3.05) is 44.7 Å². The topological polar surface area (TPSA) is 65.1 Å². The number of anilines is 1. The fraction of sp³-hybridized carbons (Fsp3) is 0.619. The van der Waals surface area contributed by atoms with E-state index in [1.807, 2.05) is 36.1 Å². The van der Waals surface area contributed by atoms with E-state index in [2.05, 4.69) is 17.1 Å². The van der Waals surface area contributed by atoms with Crippen molar-refractivity contribution in [3.63, 3.8) is 0 Å². The number of hydrogen-bond acceptors (Lipinski definition) is 4. The highest BCUT2D eigenvalue weighted by Crippen LogP contribution is 2.29. The Kier molecular flexibility index (Phi) is 5.55. The number of rotatable bonds is 3. The van der Waals surface area contributed by atoms with E-state index >= 15 is 0 Å². The number of hydrogen-bond donors (Lipinski definition) is 1. The molecule has 1 aromatic rings. The average molecular weight is 386 g/mol. The van der Waals surface area contributed by atoms with E-state index in [-0.39, 0.29) is 17.9 Å². The smallest absolute Gasteiger partial charge is 0.321 e. The van der Waals surface area contributed by atoms with Gasteiger partial charge in [0.2, 0.25) is 5.91 Å². The van der Waals surface area contributed by atoms with E-state index in [0.29, 0.717) is 12.6 Å². The van der Waals surface area contributed by atoms with Crippen molar-refractivity contribution in [2.45, 2.75) is 38.9 Å². The molecule has 0 aromatic heterocycles. The Bertz CT molecular complexity index is 728. The molecule has 28 heavy (non-hydrogen) atoms. The van der Waals surface area contributed by atoms with E-state index in [0.717, 1.165) is 57.1 Å². The van der Waals surface area contributed by atoms with Gasteiger partial charge in [0.25, 0.3) is 0 Å². The quantitative estimate of drug-likeness (QED) is 0.863. The molecule has 3 aliphatic heterocycles. The predicted molar refractivity (Wildman–Crippen MR) is 107 cm³/mol. The second-order valence-electron chi connectivity index (χ2n) is 8.09. The molecule has 0 aliphatic carbocycles. The van der Waals surface area contributed by atoms with Gasteiger partial charge >= 0.3 is 6.03 Å². The summed E-state index contributed by atoms with van der Waals surface area (Å²) in [4.78, 5) is 32.4. The Labute approximate surface area is 166 Å². The Morgan fingerprint density at radius 1 is 1.25 bits per heavy atom. The summed E-state index contributed by atoms with van der Waals surface area (Å²) in [6, 6.07) is 7.69. The summed E-state index contributed by atoms with van der Waals surface area (Å²) in [6.45, 7) is 9.43. The minimum absolute atomic E-state index is 0.0262. The van der Waals surface area contributed by atoms with Crippen LogP contribution in [-0.2, 0) is 16.1 Å². The van der Waals surface area contributed by atoms with Gasteiger partial charge in [-0.15, -0.1) is 0 Å². The molecule has 1 aromatic carbocycles. The van der Waals surface area contributed by atoms with Crippen LogP contribution in [0.5, 0.6) is 0 Å². The number of benzene rings is 1. The normalized spacial score (nSPS) is 24.8. The first kappa shape index (κ1) is 19.2. The third kappa shape index (κ3) is 3.61. The molecule has 3 heterocycles. The monoisotopic (exact) mass is 386 g/mol. The van der Waals surface area contributed by atoms with Crippen molar-refractivity contribution in [3.8, 4) is 0 Å². The molecule has 2 saturated heterocycles. The lowest BCUT2D eigenvalue weighted by molar-refractivity contribution is -0.122. The predicted octanol–water partition coefficient (Wildman–Crippen LogP) is 1.99. The van der Waals surface area contributed by atoms with Gasteiger partial charge in [-0.2, -0.15) is 0 Å². The molecule has 4 rings (SSSR count). The van der Waals surface area contributed by atoms with Crippen LogP contribution in [0.1, 0.15) is 25.8 Å². The van der Waals surface area contributed by atoms with Crippen LogP contribution in [-0.4, -0.2) is 78.1 Å². The average Bonchev–Trinajstić information content (AvgIpc) is 2.82. The first-order chi connectivity index (χ1) is 13.6. The van der Waals surface area contributed by atoms with Crippen molar-refractivity contribution >= 4 is 17.6 Å². The van der Waals surface area contributed by atoms with Crippen molar-refractivity contribution in [1.29, 1.82) is 0 Å². The van der Waals surface area contributed by atoms with Crippen LogP contribution in [0.25, 0.3) is 0 Å². The number of nitrogens with one attached hydrogen (secondary N) is 1. The van der Waals surface area contributed by atoms with Crippen molar-refractivity contribution in [3.05, 3.63) is 29.8 Å². The zero-order valence-corrected chi connectivity index (χ0v) is 16.8. The lowest BCUT2D eigenvalue weighted by Gasteiger charge is -2.48. The molecule has 0 bridgehead atoms. The van der Waals surface area contributed by atoms with E-state index in [1.165, 1.54) is 0 Å². The number of nitrogens with zero attached hydrogens (tertiary/aromatic N) is 3. The molecule has 2 fully saturated rings. The molecule has 7 heteroatoms. The molecule has 2 unspecified atom stereocenters. The van der Waals surface area contributed by atoms with Crippen LogP contribution in [0.15, 0.2) is 24.3 Å². The summed E-state index contributed by atoms with van der Waals surface area (Å²) in [5.74, 6) is 0.00693. The Balaban J connectivity index is 1.51. The van der Waals surface area contributed by atoms with Crippen molar-refractivity contribution < 1.29 is 14.3 Å². The minimum Gasteiger partial charge on any atom is -0.379 e. The molecule has 0 radical (unpaired) electrons. The van der Waals surface area contributed by atoms with Crippen LogP contribution in [0.4, 0.5) is 10.5 Å². The standard InChI is InChI=1S/C21H30N4O3/c1-3-15(2)19-20(26)22-18-7-5-4-6-16(18)12-25(19)21(27)24-13-17(14-24)23-8-10-28-11-9-23/h4-7,15,17,19H,3,8-14H2,1-2H3,(H,22,26). The number of carbonyl (C=O) groups excluding carboxylic acids is 2. The largest absolute Gasteiger partial charge is 0.379 e. The van der Waals surface area contributed by atoms with E-state index in [1.54, 1.807) is 4.90 Å². The number of carbonyl (C=O) groups is 2. The minimum atomic E-state index is -0.452. The van der Waals surface area contributed by atoms with Gasteiger partial charge in [0.05, 0.1) is 19.8 Å². The van der Waals surface area contributed by atoms with Crippen LogP contribution in [0.3, 0.4) is 0 Å². The number of ether oxygens (including phenoxy) is 1. The van der Waals surface area contributed by atoms with Crippen molar-refractivity contribution in [1.82, 2.24) is 14.7 Å². The molecular formula is C21H30N4O3. The summed E-state index contributed by atoms with van der Waals surface area (Å²) in [7, 11) is 0. The van der Waals surface area contributed by atoms with E-state index in [9.17, 15) is 9.59 Å². The molecule has 0 saturated carbocycles. The zero-order chi connectivity index (χ0) is 19.7. The molecule has 0 spiro atoms. The van der Waals surface area contributed by atoms with E-state index < -0.39 is 6.04 Å². The Hall–Kier alpha value is -2.12. The van der Waals surface area contributed by atoms with Gasteiger partial charge in [0.15, 0.2) is 0 Å². The molecule has 3 aliphatic rings. The third-order valence-electron chi connectivity index (χ3n) is 6.34. The van der Waals surface area contributed by atoms with E-state index in [4.69, 9.17) is 4.74 Å². The number of amides is 3. The molecule has 2 atom stereocenters. The van der Waals surface area contributed by atoms with Gasteiger partial charge in [-0.3, -0.25) is 9.69 Å². The van der Waals surface area contributed by atoms with Crippen LogP contribution < -0.4 is 5.32 Å². The maximum Gasteiger partial charge on any atom is 0.321 e. The van der Waals surface area contributed by atoms with Crippen LogP contribution >= 0.6 is 0 Å². The lowest BCUT2D eigenvalue weighted by atomic mass is 9.96. The number of morpholine rings is 1. The Morgan fingerprint density at radius 2 is 1.96 bits per heavy atom. The number of urea groups is 1. The number of likely N-dealkylation sites (tertiary alicyclic amines) is 1. The van der Waals surface area contributed by atoms with Gasteiger partial charge in [-0.25, -0.2) is 4.79 Å². The maximum atomic E-state index is 13.4.